The summed E-state index contributed by atoms with van der Waals surface area (Å²) in [6, 6.07) is 6.03. The molecule has 1 aromatic carbocycles. The summed E-state index contributed by atoms with van der Waals surface area (Å²) in [5.41, 5.74) is 2.30. The van der Waals surface area contributed by atoms with Gasteiger partial charge in [-0.25, -0.2) is 4.79 Å². The summed E-state index contributed by atoms with van der Waals surface area (Å²) in [4.78, 5) is 11.0. The Morgan fingerprint density at radius 2 is 2.31 bits per heavy atom. The van der Waals surface area contributed by atoms with Crippen LogP contribution >= 0.6 is 0 Å². The summed E-state index contributed by atoms with van der Waals surface area (Å²) in [5, 5.41) is 2.77. The molecule has 0 radical (unpaired) electrons. The maximum atomic E-state index is 11.0. The minimum absolute atomic E-state index is 0.0197. The number of benzene rings is 1. The SMILES string of the molecule is CC1Cc2cc(C3COC(=O)N3)ccc2O1. The van der Waals surface area contributed by atoms with Crippen LogP contribution in [-0.4, -0.2) is 18.8 Å². The Kier molecular flexibility index (Phi) is 2.02. The van der Waals surface area contributed by atoms with Crippen LogP contribution in [0.5, 0.6) is 5.75 Å². The van der Waals surface area contributed by atoms with Gasteiger partial charge in [-0.15, -0.1) is 0 Å². The monoisotopic (exact) mass is 219 g/mol. The molecule has 2 unspecified atom stereocenters. The summed E-state index contributed by atoms with van der Waals surface area (Å²) in [6.45, 7) is 2.47. The van der Waals surface area contributed by atoms with Gasteiger partial charge in [0.1, 0.15) is 18.5 Å². The molecule has 1 N–H and O–H groups in total. The van der Waals surface area contributed by atoms with Gasteiger partial charge in [0, 0.05) is 6.42 Å². The minimum atomic E-state index is -0.338. The number of amides is 1. The molecule has 0 aliphatic carbocycles. The number of carbonyl (C=O) groups excluding carboxylic acids is 1. The average molecular weight is 219 g/mol. The second-order valence-corrected chi connectivity index (χ2v) is 4.30. The van der Waals surface area contributed by atoms with Crippen molar-refractivity contribution in [1.29, 1.82) is 0 Å². The van der Waals surface area contributed by atoms with Crippen LogP contribution in [0.15, 0.2) is 18.2 Å². The molecule has 2 aliphatic heterocycles. The Morgan fingerprint density at radius 3 is 3.06 bits per heavy atom. The highest BCUT2D eigenvalue weighted by molar-refractivity contribution is 5.70. The maximum Gasteiger partial charge on any atom is 0.407 e. The van der Waals surface area contributed by atoms with Gasteiger partial charge in [-0.1, -0.05) is 6.07 Å². The number of hydrogen-bond donors (Lipinski definition) is 1. The number of cyclic esters (lactones) is 1. The molecule has 3 rings (SSSR count). The highest BCUT2D eigenvalue weighted by Crippen LogP contribution is 2.31. The number of rotatable bonds is 1. The third-order valence-electron chi connectivity index (χ3n) is 3.00. The molecular weight excluding hydrogens is 206 g/mol. The van der Waals surface area contributed by atoms with Gasteiger partial charge in [0.25, 0.3) is 0 Å². The lowest BCUT2D eigenvalue weighted by atomic mass is 10.0. The molecule has 0 bridgehead atoms. The number of nitrogens with one attached hydrogen (secondary N) is 1. The van der Waals surface area contributed by atoms with Gasteiger partial charge in [-0.3, -0.25) is 0 Å². The zero-order valence-electron chi connectivity index (χ0n) is 9.03. The number of hydrogen-bond acceptors (Lipinski definition) is 3. The van der Waals surface area contributed by atoms with E-state index in [4.69, 9.17) is 9.47 Å². The van der Waals surface area contributed by atoms with E-state index < -0.39 is 0 Å². The van der Waals surface area contributed by atoms with Crippen LogP contribution in [0.1, 0.15) is 24.1 Å². The van der Waals surface area contributed by atoms with E-state index in [1.807, 2.05) is 12.1 Å². The van der Waals surface area contributed by atoms with Gasteiger partial charge in [0.15, 0.2) is 0 Å². The number of fused-ring (bicyclic) bond motifs is 1. The molecule has 4 nitrogen and oxygen atoms in total. The van der Waals surface area contributed by atoms with Crippen molar-refractivity contribution in [3.05, 3.63) is 29.3 Å². The van der Waals surface area contributed by atoms with Crippen LogP contribution in [0.25, 0.3) is 0 Å². The molecule has 2 atom stereocenters. The van der Waals surface area contributed by atoms with Crippen LogP contribution in [0, 0.1) is 0 Å². The summed E-state index contributed by atoms with van der Waals surface area (Å²) in [5.74, 6) is 0.960. The van der Waals surface area contributed by atoms with E-state index in [1.165, 1.54) is 5.56 Å². The van der Waals surface area contributed by atoms with Crippen molar-refractivity contribution in [2.75, 3.05) is 6.61 Å². The van der Waals surface area contributed by atoms with Crippen molar-refractivity contribution in [1.82, 2.24) is 5.32 Å². The van der Waals surface area contributed by atoms with Gasteiger partial charge in [-0.2, -0.15) is 0 Å². The molecule has 1 amide bonds. The summed E-state index contributed by atoms with van der Waals surface area (Å²) < 4.78 is 10.5. The molecule has 0 spiro atoms. The van der Waals surface area contributed by atoms with E-state index in [0.29, 0.717) is 6.61 Å². The molecule has 84 valence electrons. The zero-order chi connectivity index (χ0) is 11.1. The third-order valence-corrected chi connectivity index (χ3v) is 3.00. The molecule has 4 heteroatoms. The Balaban J connectivity index is 1.87. The second kappa shape index (κ2) is 3.40. The van der Waals surface area contributed by atoms with Crippen molar-refractivity contribution in [2.24, 2.45) is 0 Å². The molecule has 1 aromatic rings. The van der Waals surface area contributed by atoms with E-state index in [0.717, 1.165) is 17.7 Å². The predicted octanol–water partition coefficient (Wildman–Crippen LogP) is 1.79. The van der Waals surface area contributed by atoms with Crippen LogP contribution < -0.4 is 10.1 Å². The molecule has 1 saturated heterocycles. The minimum Gasteiger partial charge on any atom is -0.490 e. The Hall–Kier alpha value is -1.71. The smallest absolute Gasteiger partial charge is 0.407 e. The van der Waals surface area contributed by atoms with E-state index in [2.05, 4.69) is 18.3 Å². The molecule has 2 aliphatic rings. The number of alkyl carbamates (subject to hydrolysis) is 1. The molecule has 0 saturated carbocycles. The standard InChI is InChI=1S/C12H13NO3/c1-7-4-9-5-8(2-3-11(9)16-7)10-6-15-12(14)13-10/h2-3,5,7,10H,4,6H2,1H3,(H,13,14). The largest absolute Gasteiger partial charge is 0.490 e. The lowest BCUT2D eigenvalue weighted by Gasteiger charge is -2.08. The first-order valence-corrected chi connectivity index (χ1v) is 5.45. The zero-order valence-corrected chi connectivity index (χ0v) is 9.03. The van der Waals surface area contributed by atoms with E-state index in [9.17, 15) is 4.79 Å². The topological polar surface area (TPSA) is 47.6 Å². The van der Waals surface area contributed by atoms with Crippen molar-refractivity contribution in [3.63, 3.8) is 0 Å². The molecule has 2 heterocycles. The fourth-order valence-electron chi connectivity index (χ4n) is 2.22. The second-order valence-electron chi connectivity index (χ2n) is 4.30. The number of carbonyl (C=O) groups is 1. The van der Waals surface area contributed by atoms with Gasteiger partial charge in [0.05, 0.1) is 6.04 Å². The highest BCUT2D eigenvalue weighted by atomic mass is 16.6. The highest BCUT2D eigenvalue weighted by Gasteiger charge is 2.26. The quantitative estimate of drug-likeness (QED) is 0.783. The van der Waals surface area contributed by atoms with Crippen molar-refractivity contribution >= 4 is 6.09 Å². The Morgan fingerprint density at radius 1 is 1.44 bits per heavy atom. The van der Waals surface area contributed by atoms with Crippen molar-refractivity contribution in [2.45, 2.75) is 25.5 Å². The first-order valence-electron chi connectivity index (χ1n) is 5.45. The third kappa shape index (κ3) is 1.50. The first-order chi connectivity index (χ1) is 7.72. The molecule has 16 heavy (non-hydrogen) atoms. The first kappa shape index (κ1) is 9.51. The molecule has 0 aromatic heterocycles. The average Bonchev–Trinajstić information content (AvgIpc) is 2.81. The summed E-state index contributed by atoms with van der Waals surface area (Å²) in [7, 11) is 0. The fraction of sp³-hybridized carbons (Fsp3) is 0.417. The Labute approximate surface area is 93.5 Å². The molecule has 1 fully saturated rings. The van der Waals surface area contributed by atoms with Crippen molar-refractivity contribution < 1.29 is 14.3 Å². The summed E-state index contributed by atoms with van der Waals surface area (Å²) >= 11 is 0. The van der Waals surface area contributed by atoms with Gasteiger partial charge in [0.2, 0.25) is 0 Å². The van der Waals surface area contributed by atoms with Crippen LogP contribution in [0.2, 0.25) is 0 Å². The lowest BCUT2D eigenvalue weighted by molar-refractivity contribution is 0.177. The van der Waals surface area contributed by atoms with E-state index in [-0.39, 0.29) is 18.2 Å². The normalized spacial score (nSPS) is 26.9. The van der Waals surface area contributed by atoms with Gasteiger partial charge in [-0.05, 0) is 30.2 Å². The fourth-order valence-corrected chi connectivity index (χ4v) is 2.22. The van der Waals surface area contributed by atoms with Gasteiger partial charge >= 0.3 is 6.09 Å². The Bertz CT molecular complexity index is 444. The molecular formula is C12H13NO3. The van der Waals surface area contributed by atoms with E-state index in [1.54, 1.807) is 0 Å². The lowest BCUT2D eigenvalue weighted by Crippen LogP contribution is -2.18. The van der Waals surface area contributed by atoms with Crippen LogP contribution in [0.3, 0.4) is 0 Å². The summed E-state index contributed by atoms with van der Waals surface area (Å²) in [6.07, 6.45) is 0.847. The van der Waals surface area contributed by atoms with Crippen molar-refractivity contribution in [3.8, 4) is 5.75 Å². The predicted molar refractivity (Wildman–Crippen MR) is 57.5 cm³/mol. The van der Waals surface area contributed by atoms with Crippen LogP contribution in [0.4, 0.5) is 4.79 Å². The van der Waals surface area contributed by atoms with Crippen LogP contribution in [-0.2, 0) is 11.2 Å². The number of ether oxygens (including phenoxy) is 2. The maximum absolute atomic E-state index is 11.0. The van der Waals surface area contributed by atoms with E-state index >= 15 is 0 Å². The van der Waals surface area contributed by atoms with Gasteiger partial charge < -0.3 is 14.8 Å².